The molecule has 1 aliphatic rings. The molecule has 11 heteroatoms. The first-order chi connectivity index (χ1) is 17.9. The number of benzene rings is 2. The normalized spacial score (nSPS) is 18.4. The highest BCUT2D eigenvalue weighted by Crippen LogP contribution is 2.23. The third-order valence-corrected chi connectivity index (χ3v) is 6.55. The molecule has 1 saturated heterocycles. The first kappa shape index (κ1) is 27.2. The summed E-state index contributed by atoms with van der Waals surface area (Å²) in [6, 6.07) is 12.2. The van der Waals surface area contributed by atoms with Gasteiger partial charge in [-0.2, -0.15) is 5.10 Å². The van der Waals surface area contributed by atoms with E-state index < -0.39 is 41.4 Å². The lowest BCUT2D eigenvalue weighted by atomic mass is 9.86. The first-order valence-electron chi connectivity index (χ1n) is 12.4. The van der Waals surface area contributed by atoms with Gasteiger partial charge in [-0.1, -0.05) is 51.1 Å². The predicted octanol–water partition coefficient (Wildman–Crippen LogP) is 1.05. The first-order valence-corrected chi connectivity index (χ1v) is 12.4. The van der Waals surface area contributed by atoms with Gasteiger partial charge in [-0.05, 0) is 29.2 Å². The highest BCUT2D eigenvalue weighted by molar-refractivity contribution is 6.06. The largest absolute Gasteiger partial charge is 0.388 e. The maximum Gasteiger partial charge on any atom is 0.273 e. The van der Waals surface area contributed by atoms with Crippen molar-refractivity contribution in [3.05, 3.63) is 65.6 Å². The van der Waals surface area contributed by atoms with Gasteiger partial charge in [-0.3, -0.25) is 19.1 Å². The smallest absolute Gasteiger partial charge is 0.273 e. The Morgan fingerprint density at radius 1 is 1.05 bits per heavy atom. The van der Waals surface area contributed by atoms with Crippen molar-refractivity contribution < 1.29 is 29.0 Å². The molecule has 202 valence electrons. The van der Waals surface area contributed by atoms with Crippen molar-refractivity contribution in [3.8, 4) is 0 Å². The quantitative estimate of drug-likeness (QED) is 0.364. The molecule has 0 radical (unpaired) electrons. The average Bonchev–Trinajstić information content (AvgIpc) is 3.41. The van der Waals surface area contributed by atoms with Gasteiger partial charge in [-0.25, -0.2) is 4.39 Å². The van der Waals surface area contributed by atoms with Crippen LogP contribution in [-0.4, -0.2) is 80.5 Å². The third kappa shape index (κ3) is 6.00. The number of fused-ring (bicyclic) bond motifs is 1. The van der Waals surface area contributed by atoms with Crippen molar-refractivity contribution in [2.45, 2.75) is 45.6 Å². The van der Waals surface area contributed by atoms with E-state index in [4.69, 9.17) is 0 Å². The maximum absolute atomic E-state index is 13.4. The van der Waals surface area contributed by atoms with Crippen LogP contribution in [0.3, 0.4) is 0 Å². The number of aromatic nitrogens is 2. The van der Waals surface area contributed by atoms with Gasteiger partial charge in [0.1, 0.15) is 11.9 Å². The molecule has 3 amide bonds. The standard InChI is InChI=1S/C27H32FN5O5/c1-27(2,3)24(26(38)29-12-22(36)32-14-20(34)21(35)15-32)30-25(37)23-18-6-4-5-7-19(18)33(31-23)13-16-8-10-17(28)11-9-16/h4-11,20-21,24,34-35H,12-15H2,1-3H3,(H,29,38)(H,30,37)/t20-,21-,24?/m1/s1. The fraction of sp³-hybridized carbons (Fsp3) is 0.407. The summed E-state index contributed by atoms with van der Waals surface area (Å²) in [5, 5.41) is 29.8. The molecule has 4 N–H and O–H groups in total. The number of amides is 3. The lowest BCUT2D eigenvalue weighted by Gasteiger charge is -2.30. The molecule has 0 spiro atoms. The Hall–Kier alpha value is -3.83. The summed E-state index contributed by atoms with van der Waals surface area (Å²) in [5.74, 6) is -1.89. The molecular formula is C27H32FN5O5. The number of hydrogen-bond donors (Lipinski definition) is 4. The molecular weight excluding hydrogens is 493 g/mol. The van der Waals surface area contributed by atoms with Crippen LogP contribution in [0.4, 0.5) is 4.39 Å². The third-order valence-electron chi connectivity index (χ3n) is 6.55. The molecule has 38 heavy (non-hydrogen) atoms. The molecule has 1 unspecified atom stereocenters. The van der Waals surface area contributed by atoms with Gasteiger partial charge in [0.15, 0.2) is 5.69 Å². The second-order valence-corrected chi connectivity index (χ2v) is 10.6. The molecule has 1 fully saturated rings. The van der Waals surface area contributed by atoms with Crippen molar-refractivity contribution in [3.63, 3.8) is 0 Å². The number of β-amino-alcohol motifs (C(OH)–C–C–N with tert-alkyl or cyclic N) is 2. The van der Waals surface area contributed by atoms with Crippen LogP contribution < -0.4 is 10.6 Å². The van der Waals surface area contributed by atoms with Gasteiger partial charge >= 0.3 is 0 Å². The Balaban J connectivity index is 1.50. The fourth-order valence-corrected chi connectivity index (χ4v) is 4.40. The molecule has 2 aromatic carbocycles. The Labute approximate surface area is 219 Å². The lowest BCUT2D eigenvalue weighted by molar-refractivity contribution is -0.133. The molecule has 2 heterocycles. The van der Waals surface area contributed by atoms with E-state index in [0.717, 1.165) is 5.56 Å². The molecule has 10 nitrogen and oxygen atoms in total. The number of likely N-dealkylation sites (tertiary alicyclic amines) is 1. The number of aliphatic hydroxyl groups excluding tert-OH is 2. The van der Waals surface area contributed by atoms with Crippen LogP contribution in [0, 0.1) is 11.2 Å². The number of aliphatic hydroxyl groups is 2. The van der Waals surface area contributed by atoms with Crippen molar-refractivity contribution in [2.24, 2.45) is 5.41 Å². The topological polar surface area (TPSA) is 137 Å². The number of nitrogens with zero attached hydrogens (tertiary/aromatic N) is 3. The number of nitrogens with one attached hydrogen (secondary N) is 2. The second-order valence-electron chi connectivity index (χ2n) is 10.6. The highest BCUT2D eigenvalue weighted by atomic mass is 19.1. The maximum atomic E-state index is 13.4. The van der Waals surface area contributed by atoms with Crippen LogP contribution in [0.25, 0.3) is 10.9 Å². The molecule has 1 aromatic heterocycles. The second kappa shape index (κ2) is 10.9. The summed E-state index contributed by atoms with van der Waals surface area (Å²) in [6.07, 6.45) is -2.04. The molecule has 4 rings (SSSR count). The van der Waals surface area contributed by atoms with E-state index in [-0.39, 0.29) is 31.1 Å². The van der Waals surface area contributed by atoms with E-state index in [9.17, 15) is 29.0 Å². The Morgan fingerprint density at radius 2 is 1.68 bits per heavy atom. The van der Waals surface area contributed by atoms with E-state index in [2.05, 4.69) is 15.7 Å². The van der Waals surface area contributed by atoms with E-state index >= 15 is 0 Å². The Kier molecular flexibility index (Phi) is 7.79. The summed E-state index contributed by atoms with van der Waals surface area (Å²) < 4.78 is 15.0. The predicted molar refractivity (Wildman–Crippen MR) is 138 cm³/mol. The minimum atomic E-state index is -1.02. The van der Waals surface area contributed by atoms with Gasteiger partial charge in [0.25, 0.3) is 5.91 Å². The zero-order chi connectivity index (χ0) is 27.6. The van der Waals surface area contributed by atoms with Crippen LogP contribution in [0.5, 0.6) is 0 Å². The van der Waals surface area contributed by atoms with Gasteiger partial charge in [-0.15, -0.1) is 0 Å². The summed E-state index contributed by atoms with van der Waals surface area (Å²) in [6.45, 7) is 5.33. The lowest BCUT2D eigenvalue weighted by Crippen LogP contribution is -2.55. The molecule has 1 aliphatic heterocycles. The van der Waals surface area contributed by atoms with E-state index in [0.29, 0.717) is 17.4 Å². The van der Waals surface area contributed by atoms with Crippen molar-refractivity contribution >= 4 is 28.6 Å². The van der Waals surface area contributed by atoms with Gasteiger partial charge in [0.05, 0.1) is 30.8 Å². The van der Waals surface area contributed by atoms with Gasteiger partial charge in [0.2, 0.25) is 11.8 Å². The van der Waals surface area contributed by atoms with Crippen LogP contribution in [0.1, 0.15) is 36.8 Å². The van der Waals surface area contributed by atoms with Crippen LogP contribution >= 0.6 is 0 Å². The van der Waals surface area contributed by atoms with Crippen molar-refractivity contribution in [1.82, 2.24) is 25.3 Å². The number of para-hydroxylation sites is 1. The monoisotopic (exact) mass is 525 g/mol. The summed E-state index contributed by atoms with van der Waals surface area (Å²) in [5.41, 5.74) is 0.955. The SMILES string of the molecule is CC(C)(C)C(NC(=O)c1nn(Cc2ccc(F)cc2)c2ccccc12)C(=O)NCC(=O)N1C[C@@H](O)[C@H](O)C1. The average molecular weight is 526 g/mol. The molecule has 3 aromatic rings. The summed E-state index contributed by atoms with van der Waals surface area (Å²) >= 11 is 0. The fourth-order valence-electron chi connectivity index (χ4n) is 4.40. The van der Waals surface area contributed by atoms with Gasteiger partial charge < -0.3 is 25.7 Å². The zero-order valence-electron chi connectivity index (χ0n) is 21.5. The molecule has 0 aliphatic carbocycles. The number of carbonyl (C=O) groups excluding carboxylic acids is 3. The minimum absolute atomic E-state index is 0.0110. The van der Waals surface area contributed by atoms with Gasteiger partial charge in [0, 0.05) is 18.5 Å². The van der Waals surface area contributed by atoms with Crippen LogP contribution in [0.15, 0.2) is 48.5 Å². The molecule has 0 saturated carbocycles. The summed E-state index contributed by atoms with van der Waals surface area (Å²) in [7, 11) is 0. The highest BCUT2D eigenvalue weighted by Gasteiger charge is 2.36. The van der Waals surface area contributed by atoms with Crippen molar-refractivity contribution in [1.29, 1.82) is 0 Å². The van der Waals surface area contributed by atoms with Crippen LogP contribution in [-0.2, 0) is 16.1 Å². The van der Waals surface area contributed by atoms with Crippen LogP contribution in [0.2, 0.25) is 0 Å². The van der Waals surface area contributed by atoms with Crippen molar-refractivity contribution in [2.75, 3.05) is 19.6 Å². The number of rotatable bonds is 7. The zero-order valence-corrected chi connectivity index (χ0v) is 21.5. The number of halogens is 1. The minimum Gasteiger partial charge on any atom is -0.388 e. The molecule has 0 bridgehead atoms. The Morgan fingerprint density at radius 3 is 2.32 bits per heavy atom. The van der Waals surface area contributed by atoms with E-state index in [1.54, 1.807) is 49.7 Å². The summed E-state index contributed by atoms with van der Waals surface area (Å²) in [4.78, 5) is 40.2. The van der Waals surface area contributed by atoms with E-state index in [1.807, 2.05) is 12.1 Å². The Bertz CT molecular complexity index is 1320. The number of carbonyl (C=O) groups is 3. The number of hydrogen-bond acceptors (Lipinski definition) is 6. The van der Waals surface area contributed by atoms with E-state index in [1.165, 1.54) is 17.0 Å². The molecule has 3 atom stereocenters.